The normalized spacial score (nSPS) is 24.9. The second-order valence-corrected chi connectivity index (χ2v) is 4.28. The summed E-state index contributed by atoms with van der Waals surface area (Å²) in [6, 6.07) is 0. The molecule has 2 aliphatic carbocycles. The third kappa shape index (κ3) is 14.3. The molecule has 0 heterocycles. The Morgan fingerprint density at radius 2 is 0.611 bits per heavy atom. The fourth-order valence-corrected chi connectivity index (χ4v) is 1.75. The monoisotopic (exact) mass is 602 g/mol. The third-order valence-corrected chi connectivity index (χ3v) is 2.75. The van der Waals surface area contributed by atoms with Crippen molar-refractivity contribution in [3.63, 3.8) is 0 Å². The Labute approximate surface area is 139 Å². The standard InChI is InChI=1S/2C8H12.2Ir/c2*1-2-4-6-8-7-5-3-1;;/h2*1-4H,5-8H2;;/b2*3-1-,4-2-;;. The molecule has 0 amide bonds. The predicted molar refractivity (Wildman–Crippen MR) is 73.5 cm³/mol. The predicted octanol–water partition coefficient (Wildman–Crippen LogP) is 5.34. The minimum atomic E-state index is 0. The molecule has 2 aliphatic rings. The van der Waals surface area contributed by atoms with Crippen LogP contribution in [0.15, 0.2) is 48.6 Å². The van der Waals surface area contributed by atoms with Gasteiger partial charge in [0.15, 0.2) is 0 Å². The van der Waals surface area contributed by atoms with Crippen LogP contribution in [0.25, 0.3) is 0 Å². The summed E-state index contributed by atoms with van der Waals surface area (Å²) in [4.78, 5) is 0. The van der Waals surface area contributed by atoms with E-state index >= 15 is 0 Å². The molecule has 0 aromatic carbocycles. The number of hydrogen-bond acceptors (Lipinski definition) is 0. The molecule has 0 nitrogen and oxygen atoms in total. The van der Waals surface area contributed by atoms with E-state index in [1.807, 2.05) is 0 Å². The second-order valence-electron chi connectivity index (χ2n) is 4.28. The first-order chi connectivity index (χ1) is 8.00. The molecule has 2 heteroatoms. The van der Waals surface area contributed by atoms with Gasteiger partial charge in [-0.05, 0) is 51.4 Å². The van der Waals surface area contributed by atoms with Gasteiger partial charge >= 0.3 is 0 Å². The molecule has 2 rings (SSSR count). The van der Waals surface area contributed by atoms with Crippen molar-refractivity contribution in [1.82, 2.24) is 0 Å². The van der Waals surface area contributed by atoms with Crippen LogP contribution in [0, 0.1) is 0 Å². The molecular formula is C16H24Ir2. The fraction of sp³-hybridized carbons (Fsp3) is 0.500. The number of allylic oxidation sites excluding steroid dienone is 8. The Morgan fingerprint density at radius 3 is 0.833 bits per heavy atom. The summed E-state index contributed by atoms with van der Waals surface area (Å²) >= 11 is 0. The van der Waals surface area contributed by atoms with Gasteiger partial charge in [-0.1, -0.05) is 48.6 Å². The average Bonchev–Trinajstić information content (AvgIpc) is 2.15. The van der Waals surface area contributed by atoms with Crippen molar-refractivity contribution in [3.8, 4) is 0 Å². The number of hydrogen-bond donors (Lipinski definition) is 0. The fourth-order valence-electron chi connectivity index (χ4n) is 1.75. The molecule has 0 N–H and O–H groups in total. The largest absolute Gasteiger partial charge is 0.0845 e. The summed E-state index contributed by atoms with van der Waals surface area (Å²) in [6.45, 7) is 0. The zero-order chi connectivity index (χ0) is 11.3. The van der Waals surface area contributed by atoms with E-state index in [9.17, 15) is 0 Å². The molecule has 0 aromatic heterocycles. The second kappa shape index (κ2) is 17.3. The third-order valence-electron chi connectivity index (χ3n) is 2.75. The molecule has 0 saturated heterocycles. The molecule has 0 atom stereocenters. The van der Waals surface area contributed by atoms with E-state index in [1.165, 1.54) is 51.4 Å². The van der Waals surface area contributed by atoms with Crippen molar-refractivity contribution in [3.05, 3.63) is 48.6 Å². The first-order valence-electron chi connectivity index (χ1n) is 6.63. The van der Waals surface area contributed by atoms with Crippen molar-refractivity contribution < 1.29 is 40.2 Å². The van der Waals surface area contributed by atoms with Crippen LogP contribution < -0.4 is 0 Å². The van der Waals surface area contributed by atoms with Gasteiger partial charge in [-0.25, -0.2) is 0 Å². The Hall–Kier alpha value is 0.259. The van der Waals surface area contributed by atoms with E-state index < -0.39 is 0 Å². The van der Waals surface area contributed by atoms with E-state index in [0.29, 0.717) is 0 Å². The van der Waals surface area contributed by atoms with Crippen LogP contribution in [0.1, 0.15) is 51.4 Å². The Kier molecular flexibility index (Phi) is 19.7. The Balaban J connectivity index is 0. The van der Waals surface area contributed by atoms with Gasteiger partial charge in [0.1, 0.15) is 0 Å². The molecule has 0 bridgehead atoms. The molecule has 0 aromatic rings. The Bertz CT molecular complexity index is 206. The maximum Gasteiger partial charge on any atom is 0 e. The maximum atomic E-state index is 2.23. The molecule has 18 heavy (non-hydrogen) atoms. The van der Waals surface area contributed by atoms with Gasteiger partial charge in [-0.3, -0.25) is 0 Å². The van der Waals surface area contributed by atoms with Crippen molar-refractivity contribution in [2.75, 3.05) is 0 Å². The van der Waals surface area contributed by atoms with E-state index in [2.05, 4.69) is 48.6 Å². The molecule has 0 saturated carbocycles. The summed E-state index contributed by atoms with van der Waals surface area (Å²) in [5.74, 6) is 0. The van der Waals surface area contributed by atoms with Crippen LogP contribution in [0.5, 0.6) is 0 Å². The maximum absolute atomic E-state index is 2.23. The van der Waals surface area contributed by atoms with Gasteiger partial charge in [0.2, 0.25) is 0 Å². The number of rotatable bonds is 0. The van der Waals surface area contributed by atoms with Crippen LogP contribution in [0.2, 0.25) is 0 Å². The van der Waals surface area contributed by atoms with Crippen molar-refractivity contribution in [2.24, 2.45) is 0 Å². The van der Waals surface area contributed by atoms with Gasteiger partial charge in [0.05, 0.1) is 0 Å². The molecule has 106 valence electrons. The Morgan fingerprint density at radius 1 is 0.389 bits per heavy atom. The summed E-state index contributed by atoms with van der Waals surface area (Å²) < 4.78 is 0. The van der Waals surface area contributed by atoms with Gasteiger partial charge in [-0.15, -0.1) is 0 Å². The van der Waals surface area contributed by atoms with Crippen LogP contribution in [0.3, 0.4) is 0 Å². The summed E-state index contributed by atoms with van der Waals surface area (Å²) in [7, 11) is 0. The SMILES string of the molecule is C1=C\CCCC\C=C/1.C1=C\CCCC\C=C/1.[Ir].[Ir]. The van der Waals surface area contributed by atoms with Gasteiger partial charge in [-0.2, -0.15) is 0 Å². The topological polar surface area (TPSA) is 0 Å². The zero-order valence-corrected chi connectivity index (χ0v) is 15.7. The van der Waals surface area contributed by atoms with Crippen molar-refractivity contribution in [1.29, 1.82) is 0 Å². The molecule has 0 fully saturated rings. The molecule has 2 radical (unpaired) electrons. The van der Waals surface area contributed by atoms with Crippen LogP contribution in [0.4, 0.5) is 0 Å². The minimum Gasteiger partial charge on any atom is -0.0845 e. The molecule has 0 unspecified atom stereocenters. The van der Waals surface area contributed by atoms with E-state index in [0.717, 1.165) is 0 Å². The first kappa shape index (κ1) is 20.6. The summed E-state index contributed by atoms with van der Waals surface area (Å²) in [5.41, 5.74) is 0. The first-order valence-corrected chi connectivity index (χ1v) is 6.63. The van der Waals surface area contributed by atoms with E-state index in [-0.39, 0.29) is 40.2 Å². The van der Waals surface area contributed by atoms with Crippen molar-refractivity contribution in [2.45, 2.75) is 51.4 Å². The summed E-state index contributed by atoms with van der Waals surface area (Å²) in [6.07, 6.45) is 28.0. The van der Waals surface area contributed by atoms with Crippen LogP contribution in [-0.2, 0) is 40.2 Å². The van der Waals surface area contributed by atoms with Gasteiger partial charge < -0.3 is 0 Å². The van der Waals surface area contributed by atoms with E-state index in [4.69, 9.17) is 0 Å². The minimum absolute atomic E-state index is 0. The molecule has 0 aliphatic heterocycles. The van der Waals surface area contributed by atoms with Crippen LogP contribution in [-0.4, -0.2) is 0 Å². The quantitative estimate of drug-likeness (QED) is 0.352. The van der Waals surface area contributed by atoms with Crippen molar-refractivity contribution >= 4 is 0 Å². The van der Waals surface area contributed by atoms with Crippen LogP contribution >= 0.6 is 0 Å². The average molecular weight is 601 g/mol. The zero-order valence-electron chi connectivity index (χ0n) is 10.9. The van der Waals surface area contributed by atoms with E-state index in [1.54, 1.807) is 0 Å². The smallest absolute Gasteiger partial charge is 0 e. The van der Waals surface area contributed by atoms with Gasteiger partial charge in [0.25, 0.3) is 0 Å². The summed E-state index contributed by atoms with van der Waals surface area (Å²) in [5, 5.41) is 0. The molecule has 0 spiro atoms. The van der Waals surface area contributed by atoms with Gasteiger partial charge in [0, 0.05) is 40.2 Å². The molecular weight excluding hydrogens is 577 g/mol.